The molecule has 0 fully saturated rings. The van der Waals surface area contributed by atoms with Crippen LogP contribution in [0.3, 0.4) is 0 Å². The number of hydrogen-bond acceptors (Lipinski definition) is 3. The number of nitrogens with zero attached hydrogens (tertiary/aromatic N) is 4. The van der Waals surface area contributed by atoms with Gasteiger partial charge < -0.3 is 9.88 Å². The summed E-state index contributed by atoms with van der Waals surface area (Å²) in [4.78, 5) is 4.03. The van der Waals surface area contributed by atoms with Crippen molar-refractivity contribution in [1.82, 2.24) is 24.6 Å². The Labute approximate surface area is 108 Å². The van der Waals surface area contributed by atoms with Crippen molar-refractivity contribution in [1.29, 1.82) is 0 Å². The summed E-state index contributed by atoms with van der Waals surface area (Å²) in [6.45, 7) is 3.15. The Morgan fingerprint density at radius 1 is 1.22 bits per heavy atom. The van der Waals surface area contributed by atoms with Crippen molar-refractivity contribution in [3.63, 3.8) is 0 Å². The highest BCUT2D eigenvalue weighted by Gasteiger charge is 1.97. The van der Waals surface area contributed by atoms with E-state index in [1.807, 2.05) is 36.6 Å². The van der Waals surface area contributed by atoms with E-state index in [1.165, 1.54) is 18.5 Å². The maximum absolute atomic E-state index is 4.15. The van der Waals surface area contributed by atoms with Crippen LogP contribution in [0.4, 0.5) is 0 Å². The summed E-state index contributed by atoms with van der Waals surface area (Å²) in [5, 5.41) is 7.62. The third kappa shape index (κ3) is 4.00. The lowest BCUT2D eigenvalue weighted by molar-refractivity contribution is 0.564. The van der Waals surface area contributed by atoms with Crippen molar-refractivity contribution in [2.45, 2.75) is 25.8 Å². The van der Waals surface area contributed by atoms with Gasteiger partial charge in [-0.05, 0) is 25.5 Å². The number of imidazole rings is 1. The molecule has 2 aromatic heterocycles. The second-order valence-corrected chi connectivity index (χ2v) is 4.45. The normalized spacial score (nSPS) is 10.9. The standard InChI is InChI=1S/C13H21N5/c1-17-13(5-8-16-17)4-7-14-6-2-3-10-18-11-9-15-12-18/h5,8-9,11-12,14H,2-4,6-7,10H2,1H3. The van der Waals surface area contributed by atoms with Gasteiger partial charge >= 0.3 is 0 Å². The maximum atomic E-state index is 4.15. The smallest absolute Gasteiger partial charge is 0.0945 e. The molecule has 98 valence electrons. The van der Waals surface area contributed by atoms with Gasteiger partial charge in [0.2, 0.25) is 0 Å². The van der Waals surface area contributed by atoms with Gasteiger partial charge in [-0.15, -0.1) is 0 Å². The van der Waals surface area contributed by atoms with Gasteiger partial charge in [0, 0.05) is 50.8 Å². The van der Waals surface area contributed by atoms with Gasteiger partial charge in [-0.3, -0.25) is 4.68 Å². The molecule has 0 aliphatic carbocycles. The van der Waals surface area contributed by atoms with E-state index in [-0.39, 0.29) is 0 Å². The summed E-state index contributed by atoms with van der Waals surface area (Å²) >= 11 is 0. The van der Waals surface area contributed by atoms with Gasteiger partial charge in [0.05, 0.1) is 6.33 Å². The number of hydrogen-bond donors (Lipinski definition) is 1. The summed E-state index contributed by atoms with van der Waals surface area (Å²) in [6.07, 6.45) is 11.0. The first kappa shape index (κ1) is 12.8. The van der Waals surface area contributed by atoms with Crippen LogP contribution in [0.25, 0.3) is 0 Å². The molecule has 0 radical (unpaired) electrons. The SMILES string of the molecule is Cn1nccc1CCNCCCCn1ccnc1. The van der Waals surface area contributed by atoms with E-state index < -0.39 is 0 Å². The second kappa shape index (κ2) is 6.96. The molecule has 5 heteroatoms. The van der Waals surface area contributed by atoms with Gasteiger partial charge in [0.15, 0.2) is 0 Å². The highest BCUT2D eigenvalue weighted by Crippen LogP contribution is 1.97. The zero-order valence-corrected chi connectivity index (χ0v) is 10.9. The summed E-state index contributed by atoms with van der Waals surface area (Å²) in [5.41, 5.74) is 1.28. The summed E-state index contributed by atoms with van der Waals surface area (Å²) < 4.78 is 4.05. The number of nitrogens with one attached hydrogen (secondary N) is 1. The molecule has 0 aliphatic rings. The van der Waals surface area contributed by atoms with E-state index >= 15 is 0 Å². The highest BCUT2D eigenvalue weighted by atomic mass is 15.3. The first-order valence-electron chi connectivity index (χ1n) is 6.49. The molecule has 0 bridgehead atoms. The van der Waals surface area contributed by atoms with Crippen molar-refractivity contribution >= 4 is 0 Å². The molecule has 0 unspecified atom stereocenters. The Morgan fingerprint density at radius 3 is 2.89 bits per heavy atom. The summed E-state index contributed by atoms with van der Waals surface area (Å²) in [7, 11) is 1.99. The minimum Gasteiger partial charge on any atom is -0.337 e. The van der Waals surface area contributed by atoms with Gasteiger partial charge in [-0.1, -0.05) is 0 Å². The maximum Gasteiger partial charge on any atom is 0.0945 e. The first-order chi connectivity index (χ1) is 8.86. The summed E-state index contributed by atoms with van der Waals surface area (Å²) in [6, 6.07) is 2.07. The first-order valence-corrected chi connectivity index (χ1v) is 6.49. The molecule has 5 nitrogen and oxygen atoms in total. The number of aryl methyl sites for hydroxylation is 2. The van der Waals surface area contributed by atoms with Crippen LogP contribution in [0.15, 0.2) is 31.0 Å². The van der Waals surface area contributed by atoms with Gasteiger partial charge in [0.25, 0.3) is 0 Å². The largest absolute Gasteiger partial charge is 0.337 e. The molecule has 0 spiro atoms. The lowest BCUT2D eigenvalue weighted by atomic mass is 10.3. The van der Waals surface area contributed by atoms with Crippen molar-refractivity contribution < 1.29 is 0 Å². The Balaban J connectivity index is 1.48. The van der Waals surface area contributed by atoms with E-state index in [1.54, 1.807) is 0 Å². The third-order valence-electron chi connectivity index (χ3n) is 3.06. The molecule has 2 aromatic rings. The zero-order chi connectivity index (χ0) is 12.6. The van der Waals surface area contributed by atoms with Crippen molar-refractivity contribution in [3.8, 4) is 0 Å². The topological polar surface area (TPSA) is 47.7 Å². The van der Waals surface area contributed by atoms with Crippen molar-refractivity contribution in [3.05, 3.63) is 36.7 Å². The van der Waals surface area contributed by atoms with Crippen LogP contribution in [0.5, 0.6) is 0 Å². The molecule has 0 amide bonds. The Morgan fingerprint density at radius 2 is 2.17 bits per heavy atom. The third-order valence-corrected chi connectivity index (χ3v) is 3.06. The van der Waals surface area contributed by atoms with Gasteiger partial charge in [-0.2, -0.15) is 5.10 Å². The van der Waals surface area contributed by atoms with E-state index in [9.17, 15) is 0 Å². The molecule has 0 atom stereocenters. The molecular weight excluding hydrogens is 226 g/mol. The van der Waals surface area contributed by atoms with Crippen LogP contribution in [-0.4, -0.2) is 32.4 Å². The predicted octanol–water partition coefficient (Wildman–Crippen LogP) is 1.23. The fraction of sp³-hybridized carbons (Fsp3) is 0.538. The minimum atomic E-state index is 1.02. The molecule has 2 heterocycles. The fourth-order valence-electron chi connectivity index (χ4n) is 1.95. The molecule has 0 aliphatic heterocycles. The second-order valence-electron chi connectivity index (χ2n) is 4.45. The Hall–Kier alpha value is -1.62. The van der Waals surface area contributed by atoms with Gasteiger partial charge in [-0.25, -0.2) is 4.98 Å². The molecule has 1 N–H and O–H groups in total. The van der Waals surface area contributed by atoms with E-state index in [2.05, 4.69) is 26.0 Å². The van der Waals surface area contributed by atoms with E-state index in [4.69, 9.17) is 0 Å². The van der Waals surface area contributed by atoms with Crippen molar-refractivity contribution in [2.75, 3.05) is 13.1 Å². The van der Waals surface area contributed by atoms with Crippen LogP contribution in [0.1, 0.15) is 18.5 Å². The molecule has 0 aromatic carbocycles. The van der Waals surface area contributed by atoms with Crippen LogP contribution >= 0.6 is 0 Å². The average molecular weight is 247 g/mol. The monoisotopic (exact) mass is 247 g/mol. The molecule has 0 saturated carbocycles. The van der Waals surface area contributed by atoms with Crippen LogP contribution in [0, 0.1) is 0 Å². The van der Waals surface area contributed by atoms with Crippen LogP contribution in [-0.2, 0) is 20.0 Å². The quantitative estimate of drug-likeness (QED) is 0.714. The Bertz CT molecular complexity index is 432. The Kier molecular flexibility index (Phi) is 4.96. The predicted molar refractivity (Wildman–Crippen MR) is 71.2 cm³/mol. The minimum absolute atomic E-state index is 1.02. The van der Waals surface area contributed by atoms with E-state index in [0.717, 1.165) is 26.1 Å². The summed E-state index contributed by atoms with van der Waals surface area (Å²) in [5.74, 6) is 0. The van der Waals surface area contributed by atoms with Gasteiger partial charge in [0.1, 0.15) is 0 Å². The fourth-order valence-corrected chi connectivity index (χ4v) is 1.95. The molecule has 0 saturated heterocycles. The number of unbranched alkanes of at least 4 members (excludes halogenated alkanes) is 1. The highest BCUT2D eigenvalue weighted by molar-refractivity contribution is 5.00. The molecular formula is C13H21N5. The number of rotatable bonds is 8. The van der Waals surface area contributed by atoms with E-state index in [0.29, 0.717) is 0 Å². The number of aromatic nitrogens is 4. The lowest BCUT2D eigenvalue weighted by Gasteiger charge is -2.05. The molecule has 18 heavy (non-hydrogen) atoms. The van der Waals surface area contributed by atoms with Crippen LogP contribution < -0.4 is 5.32 Å². The lowest BCUT2D eigenvalue weighted by Crippen LogP contribution is -2.19. The average Bonchev–Trinajstić information content (AvgIpc) is 3.00. The molecule has 2 rings (SSSR count). The zero-order valence-electron chi connectivity index (χ0n) is 10.9. The van der Waals surface area contributed by atoms with Crippen LogP contribution in [0.2, 0.25) is 0 Å². The van der Waals surface area contributed by atoms with Crippen molar-refractivity contribution in [2.24, 2.45) is 7.05 Å².